The van der Waals surface area contributed by atoms with Gasteiger partial charge in [0.2, 0.25) is 0 Å². The van der Waals surface area contributed by atoms with E-state index in [-0.39, 0.29) is 15.5 Å². The van der Waals surface area contributed by atoms with Crippen LogP contribution in [0, 0.1) is 11.6 Å². The quantitative estimate of drug-likeness (QED) is 0.731. The van der Waals surface area contributed by atoms with Crippen LogP contribution in [0.5, 0.6) is 0 Å². The first-order valence-electron chi connectivity index (χ1n) is 7.43. The Morgan fingerprint density at radius 3 is 2.60 bits per heavy atom. The molecule has 0 bridgehead atoms. The minimum Gasteiger partial charge on any atom is -0.299 e. The van der Waals surface area contributed by atoms with E-state index in [9.17, 15) is 22.0 Å². The molecule has 3 rings (SSSR count). The summed E-state index contributed by atoms with van der Waals surface area (Å²) in [5, 5.41) is 0. The summed E-state index contributed by atoms with van der Waals surface area (Å²) < 4.78 is 55.7. The van der Waals surface area contributed by atoms with Crippen LogP contribution in [0.25, 0.3) is 10.2 Å². The van der Waals surface area contributed by atoms with Crippen molar-refractivity contribution in [1.29, 1.82) is 0 Å². The average molecular weight is 384 g/mol. The van der Waals surface area contributed by atoms with Gasteiger partial charge < -0.3 is 0 Å². The Morgan fingerprint density at radius 1 is 1.16 bits per heavy atom. The van der Waals surface area contributed by atoms with Crippen LogP contribution >= 0.6 is 11.3 Å². The van der Waals surface area contributed by atoms with Gasteiger partial charge in [0.1, 0.15) is 11.6 Å². The average Bonchev–Trinajstić information content (AvgIpc) is 2.86. The molecule has 0 aliphatic carbocycles. The number of thiazole rings is 1. The highest BCUT2D eigenvalue weighted by molar-refractivity contribution is 7.92. The van der Waals surface area contributed by atoms with Gasteiger partial charge in [-0.3, -0.25) is 14.1 Å². The van der Waals surface area contributed by atoms with Gasteiger partial charge in [-0.1, -0.05) is 18.3 Å². The third kappa shape index (κ3) is 3.42. The highest BCUT2D eigenvalue weighted by Gasteiger charge is 2.18. The van der Waals surface area contributed by atoms with Crippen LogP contribution in [0.3, 0.4) is 0 Å². The van der Waals surface area contributed by atoms with Gasteiger partial charge in [-0.25, -0.2) is 17.2 Å². The maximum Gasteiger partial charge on any atom is 0.308 e. The standard InChI is InChI=1S/C16H14F2N2O3S2/c1-2-7-20-14-6-4-11(9-15(14)24-16(20)21)25(22,23)19-13-5-3-10(17)8-12(13)18/h3-6,8-9,19H,2,7H2,1H3. The Bertz CT molecular complexity index is 1100. The summed E-state index contributed by atoms with van der Waals surface area (Å²) in [5.41, 5.74) is 0.307. The predicted molar refractivity (Wildman–Crippen MR) is 93.5 cm³/mol. The summed E-state index contributed by atoms with van der Waals surface area (Å²) in [4.78, 5) is 11.7. The van der Waals surface area contributed by atoms with Crippen molar-refractivity contribution in [3.05, 3.63) is 57.7 Å². The third-order valence-corrected chi connectivity index (χ3v) is 5.88. The number of hydrogen-bond donors (Lipinski definition) is 1. The van der Waals surface area contributed by atoms with E-state index in [0.29, 0.717) is 22.8 Å². The van der Waals surface area contributed by atoms with Crippen LogP contribution < -0.4 is 9.60 Å². The topological polar surface area (TPSA) is 68.2 Å². The highest BCUT2D eigenvalue weighted by Crippen LogP contribution is 2.24. The third-order valence-electron chi connectivity index (χ3n) is 3.57. The number of aromatic nitrogens is 1. The molecule has 1 aromatic heterocycles. The number of fused-ring (bicyclic) bond motifs is 1. The van der Waals surface area contributed by atoms with E-state index in [4.69, 9.17) is 0 Å². The second-order valence-corrected chi connectivity index (χ2v) is 8.05. The zero-order valence-electron chi connectivity index (χ0n) is 13.1. The smallest absolute Gasteiger partial charge is 0.299 e. The van der Waals surface area contributed by atoms with Gasteiger partial charge >= 0.3 is 4.87 Å². The Kier molecular flexibility index (Phi) is 4.61. The van der Waals surface area contributed by atoms with Crippen molar-refractivity contribution in [1.82, 2.24) is 4.57 Å². The number of anilines is 1. The van der Waals surface area contributed by atoms with Crippen molar-refractivity contribution in [3.8, 4) is 0 Å². The van der Waals surface area contributed by atoms with Crippen molar-refractivity contribution in [3.63, 3.8) is 0 Å². The summed E-state index contributed by atoms with van der Waals surface area (Å²) in [6.07, 6.45) is 0.775. The first-order chi connectivity index (χ1) is 11.8. The SMILES string of the molecule is CCCn1c(=O)sc2cc(S(=O)(=O)Nc3ccc(F)cc3F)ccc21. The molecule has 0 aliphatic rings. The summed E-state index contributed by atoms with van der Waals surface area (Å²) in [6, 6.07) is 6.84. The lowest BCUT2D eigenvalue weighted by atomic mass is 10.3. The molecule has 0 saturated carbocycles. The molecule has 1 N–H and O–H groups in total. The van der Waals surface area contributed by atoms with Crippen molar-refractivity contribution >= 4 is 37.3 Å². The summed E-state index contributed by atoms with van der Waals surface area (Å²) in [5.74, 6) is -1.81. The van der Waals surface area contributed by atoms with Gasteiger partial charge in [-0.15, -0.1) is 0 Å². The first kappa shape index (κ1) is 17.6. The maximum atomic E-state index is 13.7. The molecule has 0 atom stereocenters. The van der Waals surface area contributed by atoms with E-state index in [2.05, 4.69) is 4.72 Å². The fraction of sp³-hybridized carbons (Fsp3) is 0.188. The van der Waals surface area contributed by atoms with Crippen LogP contribution in [-0.2, 0) is 16.6 Å². The Morgan fingerprint density at radius 2 is 1.92 bits per heavy atom. The summed E-state index contributed by atoms with van der Waals surface area (Å²) >= 11 is 0.952. The van der Waals surface area contributed by atoms with E-state index in [1.165, 1.54) is 12.1 Å². The minimum atomic E-state index is -4.07. The van der Waals surface area contributed by atoms with E-state index < -0.39 is 21.7 Å². The number of benzene rings is 2. The van der Waals surface area contributed by atoms with Crippen molar-refractivity contribution in [2.24, 2.45) is 0 Å². The Balaban J connectivity index is 2.01. The van der Waals surface area contributed by atoms with E-state index in [1.807, 2.05) is 6.92 Å². The second-order valence-electron chi connectivity index (χ2n) is 5.38. The number of rotatable bonds is 5. The lowest BCUT2D eigenvalue weighted by molar-refractivity contribution is 0.583. The van der Waals surface area contributed by atoms with Gasteiger partial charge in [-0.2, -0.15) is 0 Å². The highest BCUT2D eigenvalue weighted by atomic mass is 32.2. The van der Waals surface area contributed by atoms with Crippen LogP contribution in [0.4, 0.5) is 14.5 Å². The minimum absolute atomic E-state index is 0.103. The van der Waals surface area contributed by atoms with Gasteiger partial charge in [0.05, 0.1) is 20.8 Å². The van der Waals surface area contributed by atoms with E-state index in [1.54, 1.807) is 10.6 Å². The molecular weight excluding hydrogens is 370 g/mol. The van der Waals surface area contributed by atoms with Gasteiger partial charge in [0.25, 0.3) is 10.0 Å². The van der Waals surface area contributed by atoms with Crippen LogP contribution in [-0.4, -0.2) is 13.0 Å². The summed E-state index contributed by atoms with van der Waals surface area (Å²) in [6.45, 7) is 2.49. The Labute approximate surface area is 146 Å². The first-order valence-corrected chi connectivity index (χ1v) is 9.73. The fourth-order valence-corrected chi connectivity index (χ4v) is 4.55. The normalized spacial score (nSPS) is 11.8. The molecule has 0 unspecified atom stereocenters. The predicted octanol–water partition coefficient (Wildman–Crippen LogP) is 3.55. The monoisotopic (exact) mass is 384 g/mol. The van der Waals surface area contributed by atoms with Crippen molar-refractivity contribution < 1.29 is 17.2 Å². The summed E-state index contributed by atoms with van der Waals surface area (Å²) in [7, 11) is -4.07. The molecule has 0 amide bonds. The molecule has 5 nitrogen and oxygen atoms in total. The molecule has 9 heteroatoms. The zero-order chi connectivity index (χ0) is 18.2. The molecule has 25 heavy (non-hydrogen) atoms. The van der Waals surface area contributed by atoms with Gasteiger partial charge in [0.15, 0.2) is 0 Å². The number of sulfonamides is 1. The molecule has 0 radical (unpaired) electrons. The maximum absolute atomic E-state index is 13.7. The number of halogens is 2. The molecule has 0 fully saturated rings. The largest absolute Gasteiger partial charge is 0.308 e. The molecular formula is C16H14F2N2O3S2. The molecule has 0 saturated heterocycles. The molecule has 0 spiro atoms. The molecule has 2 aromatic carbocycles. The lowest BCUT2D eigenvalue weighted by Gasteiger charge is -2.09. The van der Waals surface area contributed by atoms with Gasteiger partial charge in [-0.05, 0) is 36.8 Å². The number of aryl methyl sites for hydroxylation is 1. The molecule has 3 aromatic rings. The molecule has 0 aliphatic heterocycles. The zero-order valence-corrected chi connectivity index (χ0v) is 14.8. The second kappa shape index (κ2) is 6.57. The number of nitrogens with zero attached hydrogens (tertiary/aromatic N) is 1. The van der Waals surface area contributed by atoms with Crippen LogP contribution in [0.1, 0.15) is 13.3 Å². The molecule has 132 valence electrons. The van der Waals surface area contributed by atoms with E-state index in [0.717, 1.165) is 29.9 Å². The Hall–Kier alpha value is -2.26. The van der Waals surface area contributed by atoms with Crippen LogP contribution in [0.2, 0.25) is 0 Å². The van der Waals surface area contributed by atoms with Gasteiger partial charge in [0, 0.05) is 12.6 Å². The van der Waals surface area contributed by atoms with Crippen molar-refractivity contribution in [2.45, 2.75) is 24.8 Å². The number of hydrogen-bond acceptors (Lipinski definition) is 4. The lowest BCUT2D eigenvalue weighted by Crippen LogP contribution is -2.14. The molecule has 1 heterocycles. The van der Waals surface area contributed by atoms with Crippen molar-refractivity contribution in [2.75, 3.05) is 4.72 Å². The van der Waals surface area contributed by atoms with E-state index >= 15 is 0 Å². The van der Waals surface area contributed by atoms with Crippen LogP contribution in [0.15, 0.2) is 46.1 Å². The number of nitrogens with one attached hydrogen (secondary N) is 1. The fourth-order valence-electron chi connectivity index (χ4n) is 2.43.